The number of hydrogen-bond acceptors (Lipinski definition) is 5. The summed E-state index contributed by atoms with van der Waals surface area (Å²) in [5.74, 6) is 1.18. The zero-order valence-corrected chi connectivity index (χ0v) is 17.8. The molecular weight excluding hydrogens is 459 g/mol. The predicted octanol–water partition coefficient (Wildman–Crippen LogP) is 1.08. The molecule has 3 rings (SSSR count). The van der Waals surface area contributed by atoms with Crippen molar-refractivity contribution in [3.05, 3.63) is 21.9 Å². The molecule has 24 heavy (non-hydrogen) atoms. The summed E-state index contributed by atoms with van der Waals surface area (Å²) in [4.78, 5) is 8.15. The van der Waals surface area contributed by atoms with E-state index in [0.717, 1.165) is 32.6 Å². The summed E-state index contributed by atoms with van der Waals surface area (Å²) in [5.41, 5.74) is 1.46. The predicted molar refractivity (Wildman–Crippen MR) is 110 cm³/mol. The van der Waals surface area contributed by atoms with E-state index >= 15 is 0 Å². The van der Waals surface area contributed by atoms with Crippen LogP contribution in [-0.4, -0.2) is 63.5 Å². The van der Waals surface area contributed by atoms with Gasteiger partial charge in [0.25, 0.3) is 0 Å². The Bertz CT molecular complexity index is 675. The third kappa shape index (κ3) is 5.30. The van der Waals surface area contributed by atoms with Crippen LogP contribution in [0.4, 0.5) is 0 Å². The summed E-state index contributed by atoms with van der Waals surface area (Å²) in [6, 6.07) is 2.20. The normalized spacial score (nSPS) is 23.4. The third-order valence-corrected chi connectivity index (χ3v) is 7.20. The van der Waals surface area contributed by atoms with E-state index < -0.39 is 9.84 Å². The fraction of sp³-hybridized carbons (Fsp3) is 0.667. The molecule has 2 N–H and O–H groups in total. The summed E-state index contributed by atoms with van der Waals surface area (Å²) in [6.07, 6.45) is 1.80. The first-order valence-electron chi connectivity index (χ1n) is 8.01. The number of aliphatic imine (C=N–C) groups is 1. The molecule has 0 spiro atoms. The molecular formula is C15H25IN4O2S2. The number of rotatable bonds is 4. The van der Waals surface area contributed by atoms with Gasteiger partial charge < -0.3 is 10.6 Å². The molecule has 0 amide bonds. The number of thiophene rings is 1. The summed E-state index contributed by atoms with van der Waals surface area (Å²) in [6.45, 7) is 3.88. The van der Waals surface area contributed by atoms with E-state index in [1.54, 1.807) is 7.05 Å². The first-order chi connectivity index (χ1) is 11.1. The number of sulfone groups is 1. The van der Waals surface area contributed by atoms with Crippen molar-refractivity contribution < 1.29 is 8.42 Å². The van der Waals surface area contributed by atoms with Gasteiger partial charge in [-0.2, -0.15) is 0 Å². The first kappa shape index (κ1) is 19.9. The molecule has 9 heteroatoms. The van der Waals surface area contributed by atoms with Crippen molar-refractivity contribution in [3.8, 4) is 0 Å². The molecule has 6 nitrogen and oxygen atoms in total. The van der Waals surface area contributed by atoms with Gasteiger partial charge in [-0.1, -0.05) is 0 Å². The molecule has 0 radical (unpaired) electrons. The summed E-state index contributed by atoms with van der Waals surface area (Å²) < 4.78 is 23.0. The molecule has 1 unspecified atom stereocenters. The van der Waals surface area contributed by atoms with Crippen LogP contribution in [0, 0.1) is 0 Å². The molecule has 1 aromatic rings. The Morgan fingerprint density at radius 3 is 3.04 bits per heavy atom. The Kier molecular flexibility index (Phi) is 7.32. The fourth-order valence-electron chi connectivity index (χ4n) is 3.13. The molecule has 2 aliphatic rings. The van der Waals surface area contributed by atoms with Crippen molar-refractivity contribution in [1.29, 1.82) is 0 Å². The molecule has 136 valence electrons. The maximum atomic E-state index is 11.5. The Balaban J connectivity index is 0.00000208. The fourth-order valence-corrected chi connectivity index (χ4v) is 5.69. The van der Waals surface area contributed by atoms with Gasteiger partial charge in [0.05, 0.1) is 11.5 Å². The highest BCUT2D eigenvalue weighted by Crippen LogP contribution is 2.23. The monoisotopic (exact) mass is 484 g/mol. The molecule has 1 fully saturated rings. The molecule has 0 saturated carbocycles. The third-order valence-electron chi connectivity index (χ3n) is 4.40. The lowest BCUT2D eigenvalue weighted by Crippen LogP contribution is -2.46. The van der Waals surface area contributed by atoms with Gasteiger partial charge in [0.2, 0.25) is 0 Å². The first-order valence-corrected chi connectivity index (χ1v) is 10.7. The number of fused-ring (bicyclic) bond motifs is 1. The van der Waals surface area contributed by atoms with Gasteiger partial charge in [-0.15, -0.1) is 35.3 Å². The van der Waals surface area contributed by atoms with Crippen LogP contribution < -0.4 is 10.6 Å². The minimum atomic E-state index is -2.86. The van der Waals surface area contributed by atoms with E-state index in [2.05, 4.69) is 32.0 Å². The maximum Gasteiger partial charge on any atom is 0.191 e. The topological polar surface area (TPSA) is 73.8 Å². The average molecular weight is 484 g/mol. The minimum absolute atomic E-state index is 0. The second-order valence-corrected chi connectivity index (χ2v) is 9.37. The number of hydrogen-bond donors (Lipinski definition) is 2. The Labute approximate surface area is 165 Å². The molecule has 1 atom stereocenters. The van der Waals surface area contributed by atoms with E-state index in [1.165, 1.54) is 10.4 Å². The molecule has 0 bridgehead atoms. The van der Waals surface area contributed by atoms with Crippen LogP contribution in [-0.2, 0) is 22.8 Å². The van der Waals surface area contributed by atoms with Crippen LogP contribution in [0.1, 0.15) is 16.9 Å². The SMILES string of the molecule is CN=C(NCCN1CCc2sccc2C1)NC1CCS(=O)(=O)C1.I. The maximum absolute atomic E-state index is 11.5. The number of guanidine groups is 1. The van der Waals surface area contributed by atoms with E-state index in [0.29, 0.717) is 12.4 Å². The van der Waals surface area contributed by atoms with Crippen LogP contribution in [0.2, 0.25) is 0 Å². The largest absolute Gasteiger partial charge is 0.355 e. The smallest absolute Gasteiger partial charge is 0.191 e. The number of nitrogens with one attached hydrogen (secondary N) is 2. The van der Waals surface area contributed by atoms with Crippen LogP contribution in [0.15, 0.2) is 16.4 Å². The second kappa shape index (κ2) is 8.81. The summed E-state index contributed by atoms with van der Waals surface area (Å²) in [5, 5.41) is 8.68. The van der Waals surface area contributed by atoms with E-state index in [-0.39, 0.29) is 41.5 Å². The summed E-state index contributed by atoms with van der Waals surface area (Å²) >= 11 is 1.86. The van der Waals surface area contributed by atoms with Crippen LogP contribution >= 0.6 is 35.3 Å². The van der Waals surface area contributed by atoms with Gasteiger partial charge in [-0.05, 0) is 29.9 Å². The lowest BCUT2D eigenvalue weighted by Gasteiger charge is -2.27. The standard InChI is InChI=1S/C15H24N4O2S2.HI/c1-16-15(18-13-4-9-23(20,21)11-13)17-5-7-19-6-2-14-12(10-19)3-8-22-14;/h3,8,13H,2,4-7,9-11H2,1H3,(H2,16,17,18);1H. The lowest BCUT2D eigenvalue weighted by atomic mass is 10.1. The zero-order valence-electron chi connectivity index (χ0n) is 13.8. The lowest BCUT2D eigenvalue weighted by molar-refractivity contribution is 0.260. The molecule has 3 heterocycles. The van der Waals surface area contributed by atoms with Crippen molar-refractivity contribution in [1.82, 2.24) is 15.5 Å². The Morgan fingerprint density at radius 1 is 1.50 bits per heavy atom. The Morgan fingerprint density at radius 2 is 2.33 bits per heavy atom. The summed E-state index contributed by atoms with van der Waals surface area (Å²) in [7, 11) is -1.14. The number of nitrogens with zero attached hydrogens (tertiary/aromatic N) is 2. The highest BCUT2D eigenvalue weighted by Gasteiger charge is 2.28. The van der Waals surface area contributed by atoms with E-state index in [4.69, 9.17) is 0 Å². The Hall–Kier alpha value is -0.390. The quantitative estimate of drug-likeness (QED) is 0.380. The van der Waals surface area contributed by atoms with Gasteiger partial charge in [0.1, 0.15) is 0 Å². The van der Waals surface area contributed by atoms with Gasteiger partial charge in [-0.25, -0.2) is 8.42 Å². The zero-order chi connectivity index (χ0) is 16.3. The molecule has 2 aliphatic heterocycles. The van der Waals surface area contributed by atoms with Gasteiger partial charge in [0.15, 0.2) is 15.8 Å². The van der Waals surface area contributed by atoms with Crippen molar-refractivity contribution in [2.24, 2.45) is 4.99 Å². The van der Waals surface area contributed by atoms with Crippen LogP contribution in [0.25, 0.3) is 0 Å². The second-order valence-electron chi connectivity index (χ2n) is 6.14. The molecule has 0 aromatic carbocycles. The average Bonchev–Trinajstić information content (AvgIpc) is 3.11. The van der Waals surface area contributed by atoms with Crippen molar-refractivity contribution >= 4 is 51.1 Å². The van der Waals surface area contributed by atoms with Crippen LogP contribution in [0.3, 0.4) is 0 Å². The number of halogens is 1. The van der Waals surface area contributed by atoms with Crippen molar-refractivity contribution in [2.45, 2.75) is 25.4 Å². The molecule has 1 saturated heterocycles. The highest BCUT2D eigenvalue weighted by molar-refractivity contribution is 14.0. The van der Waals surface area contributed by atoms with Gasteiger partial charge in [0, 0.05) is 44.1 Å². The molecule has 0 aliphatic carbocycles. The van der Waals surface area contributed by atoms with Gasteiger partial charge in [-0.3, -0.25) is 9.89 Å². The van der Waals surface area contributed by atoms with E-state index in [9.17, 15) is 8.42 Å². The molecule has 1 aromatic heterocycles. The van der Waals surface area contributed by atoms with E-state index in [1.807, 2.05) is 11.3 Å². The highest BCUT2D eigenvalue weighted by atomic mass is 127. The van der Waals surface area contributed by atoms with Crippen LogP contribution in [0.5, 0.6) is 0 Å². The van der Waals surface area contributed by atoms with Crippen molar-refractivity contribution in [2.75, 3.05) is 38.2 Å². The van der Waals surface area contributed by atoms with Gasteiger partial charge >= 0.3 is 0 Å². The van der Waals surface area contributed by atoms with Crippen molar-refractivity contribution in [3.63, 3.8) is 0 Å². The minimum Gasteiger partial charge on any atom is -0.355 e.